The normalized spacial score (nSPS) is 12.1. The fourth-order valence-corrected chi connectivity index (χ4v) is 2.99. The summed E-state index contributed by atoms with van der Waals surface area (Å²) in [6.07, 6.45) is 0. The van der Waals surface area contributed by atoms with Crippen molar-refractivity contribution in [2.45, 2.75) is 31.2 Å². The first-order valence-corrected chi connectivity index (χ1v) is 8.59. The zero-order valence-electron chi connectivity index (χ0n) is 13.8. The third-order valence-electron chi connectivity index (χ3n) is 3.69. The summed E-state index contributed by atoms with van der Waals surface area (Å²) in [6.45, 7) is 5.87. The topological polar surface area (TPSA) is 56.0 Å². The number of carbonyl (C=O) groups is 1. The Bertz CT molecular complexity index is 839. The fourth-order valence-electron chi connectivity index (χ4n) is 2.23. The number of Topliss-reactive ketones (excluding diaryl/α,β-unsaturated/α-hetero) is 1. The molecule has 0 saturated carbocycles. The van der Waals surface area contributed by atoms with Crippen molar-refractivity contribution in [1.82, 2.24) is 10.2 Å². The minimum Gasteiger partial charge on any atom is -0.411 e. The average Bonchev–Trinajstić information content (AvgIpc) is 3.04. The lowest BCUT2D eigenvalue weighted by molar-refractivity contribution is 0.0993. The Morgan fingerprint density at radius 1 is 0.958 bits per heavy atom. The summed E-state index contributed by atoms with van der Waals surface area (Å²) in [5.41, 5.74) is 3.87. The maximum absolute atomic E-state index is 12.5. The lowest BCUT2D eigenvalue weighted by Gasteiger charge is -2.07. The van der Waals surface area contributed by atoms with Crippen LogP contribution in [0.15, 0.2) is 58.2 Å². The number of nitrogens with zero attached hydrogens (tertiary/aromatic N) is 2. The van der Waals surface area contributed by atoms with Crippen LogP contribution in [-0.4, -0.2) is 21.2 Å². The van der Waals surface area contributed by atoms with Gasteiger partial charge in [0.1, 0.15) is 0 Å². The van der Waals surface area contributed by atoms with E-state index in [1.165, 1.54) is 17.3 Å². The van der Waals surface area contributed by atoms with E-state index in [-0.39, 0.29) is 11.0 Å². The summed E-state index contributed by atoms with van der Waals surface area (Å²) in [5.74, 6) is 0.516. The molecule has 0 aliphatic rings. The van der Waals surface area contributed by atoms with Gasteiger partial charge in [-0.15, -0.1) is 10.2 Å². The number of hydrogen-bond donors (Lipinski definition) is 0. The van der Waals surface area contributed by atoms with Gasteiger partial charge in [0, 0.05) is 11.1 Å². The van der Waals surface area contributed by atoms with Crippen LogP contribution in [0.2, 0.25) is 0 Å². The summed E-state index contributed by atoms with van der Waals surface area (Å²) in [7, 11) is 0. The van der Waals surface area contributed by atoms with Crippen molar-refractivity contribution in [3.63, 3.8) is 0 Å². The van der Waals surface area contributed by atoms with Crippen molar-refractivity contribution >= 4 is 17.5 Å². The molecule has 0 fully saturated rings. The Hall–Kier alpha value is -2.40. The first-order valence-electron chi connectivity index (χ1n) is 7.71. The van der Waals surface area contributed by atoms with Crippen LogP contribution < -0.4 is 0 Å². The quantitative estimate of drug-likeness (QED) is 0.498. The van der Waals surface area contributed by atoms with Gasteiger partial charge in [-0.2, -0.15) is 0 Å². The monoisotopic (exact) mass is 338 g/mol. The van der Waals surface area contributed by atoms with Gasteiger partial charge in [0.05, 0.1) is 5.25 Å². The Kier molecular flexibility index (Phi) is 4.81. The number of ketones is 1. The van der Waals surface area contributed by atoms with E-state index in [1.54, 1.807) is 0 Å². The maximum atomic E-state index is 12.5. The van der Waals surface area contributed by atoms with Crippen LogP contribution >= 0.6 is 11.8 Å². The standard InChI is InChI=1S/C19H18N2O2S/c1-12-4-8-15(9-5-12)17(22)14(3)24-19-21-20-18(23-19)16-10-6-13(2)7-11-16/h4-11,14H,1-3H3. The van der Waals surface area contributed by atoms with E-state index in [2.05, 4.69) is 10.2 Å². The van der Waals surface area contributed by atoms with Gasteiger partial charge in [-0.05, 0) is 32.9 Å². The molecule has 1 atom stereocenters. The molecular weight excluding hydrogens is 320 g/mol. The highest BCUT2D eigenvalue weighted by molar-refractivity contribution is 8.00. The molecule has 0 aliphatic carbocycles. The molecule has 0 aliphatic heterocycles. The van der Waals surface area contributed by atoms with Crippen molar-refractivity contribution < 1.29 is 9.21 Å². The van der Waals surface area contributed by atoms with Crippen LogP contribution in [0.4, 0.5) is 0 Å². The number of rotatable bonds is 5. The molecule has 1 unspecified atom stereocenters. The average molecular weight is 338 g/mol. The van der Waals surface area contributed by atoms with Crippen LogP contribution in [-0.2, 0) is 0 Å². The van der Waals surface area contributed by atoms with Gasteiger partial charge in [0.2, 0.25) is 5.89 Å². The molecule has 5 heteroatoms. The molecule has 24 heavy (non-hydrogen) atoms. The predicted molar refractivity (Wildman–Crippen MR) is 95.3 cm³/mol. The Morgan fingerprint density at radius 3 is 2.17 bits per heavy atom. The Labute approximate surface area is 145 Å². The van der Waals surface area contributed by atoms with E-state index >= 15 is 0 Å². The van der Waals surface area contributed by atoms with E-state index in [9.17, 15) is 4.79 Å². The first kappa shape index (κ1) is 16.5. The first-order chi connectivity index (χ1) is 11.5. The van der Waals surface area contributed by atoms with Crippen LogP contribution in [0.1, 0.15) is 28.4 Å². The molecule has 3 rings (SSSR count). The minimum atomic E-state index is -0.293. The minimum absolute atomic E-state index is 0.0510. The summed E-state index contributed by atoms with van der Waals surface area (Å²) in [6, 6.07) is 15.4. The van der Waals surface area contributed by atoms with Gasteiger partial charge in [0.15, 0.2) is 5.78 Å². The lowest BCUT2D eigenvalue weighted by atomic mass is 10.1. The molecule has 0 amide bonds. The smallest absolute Gasteiger partial charge is 0.277 e. The van der Waals surface area contributed by atoms with E-state index in [4.69, 9.17) is 4.42 Å². The zero-order chi connectivity index (χ0) is 17.1. The summed E-state index contributed by atoms with van der Waals surface area (Å²) in [4.78, 5) is 12.5. The molecule has 1 heterocycles. The van der Waals surface area contributed by atoms with E-state index in [0.717, 1.165) is 11.1 Å². The lowest BCUT2D eigenvalue weighted by Crippen LogP contribution is -2.13. The predicted octanol–water partition coefficient (Wildman–Crippen LogP) is 4.72. The highest BCUT2D eigenvalue weighted by Gasteiger charge is 2.20. The van der Waals surface area contributed by atoms with Crippen LogP contribution in [0.25, 0.3) is 11.5 Å². The number of aromatic nitrogens is 2. The van der Waals surface area contributed by atoms with Gasteiger partial charge >= 0.3 is 0 Å². The Morgan fingerprint density at radius 2 is 1.54 bits per heavy atom. The SMILES string of the molecule is Cc1ccc(C(=O)C(C)Sc2nnc(-c3ccc(C)cc3)o2)cc1. The third kappa shape index (κ3) is 3.74. The van der Waals surface area contributed by atoms with E-state index in [0.29, 0.717) is 16.7 Å². The molecule has 122 valence electrons. The van der Waals surface area contributed by atoms with Gasteiger partial charge in [-0.3, -0.25) is 4.79 Å². The highest BCUT2D eigenvalue weighted by Crippen LogP contribution is 2.27. The van der Waals surface area contributed by atoms with E-state index < -0.39 is 0 Å². The fraction of sp³-hybridized carbons (Fsp3) is 0.211. The molecular formula is C19H18N2O2S. The molecule has 0 spiro atoms. The molecule has 0 bridgehead atoms. The van der Waals surface area contributed by atoms with Crippen molar-refractivity contribution in [2.75, 3.05) is 0 Å². The van der Waals surface area contributed by atoms with Crippen molar-refractivity contribution in [3.8, 4) is 11.5 Å². The van der Waals surface area contributed by atoms with Gasteiger partial charge in [-0.25, -0.2) is 0 Å². The molecule has 4 nitrogen and oxygen atoms in total. The number of carbonyl (C=O) groups excluding carboxylic acids is 1. The Balaban J connectivity index is 1.70. The maximum Gasteiger partial charge on any atom is 0.277 e. The van der Waals surface area contributed by atoms with Crippen molar-refractivity contribution in [2.24, 2.45) is 0 Å². The molecule has 1 aromatic heterocycles. The van der Waals surface area contributed by atoms with Crippen molar-refractivity contribution in [3.05, 3.63) is 65.2 Å². The number of thioether (sulfide) groups is 1. The second kappa shape index (κ2) is 7.01. The van der Waals surface area contributed by atoms with Crippen LogP contribution in [0.5, 0.6) is 0 Å². The summed E-state index contributed by atoms with van der Waals surface area (Å²) >= 11 is 1.28. The molecule has 0 N–H and O–H groups in total. The highest BCUT2D eigenvalue weighted by atomic mass is 32.2. The second-order valence-electron chi connectivity index (χ2n) is 5.73. The molecule has 0 radical (unpaired) electrons. The van der Waals surface area contributed by atoms with Crippen LogP contribution in [0, 0.1) is 13.8 Å². The number of aryl methyl sites for hydroxylation is 2. The number of hydrogen-bond acceptors (Lipinski definition) is 5. The molecule has 0 saturated heterocycles. The van der Waals surface area contributed by atoms with Gasteiger partial charge < -0.3 is 4.42 Å². The van der Waals surface area contributed by atoms with Crippen LogP contribution in [0.3, 0.4) is 0 Å². The molecule has 2 aromatic carbocycles. The molecule has 3 aromatic rings. The summed E-state index contributed by atoms with van der Waals surface area (Å²) in [5, 5.41) is 8.21. The van der Waals surface area contributed by atoms with Crippen molar-refractivity contribution in [1.29, 1.82) is 0 Å². The third-order valence-corrected chi connectivity index (χ3v) is 4.62. The zero-order valence-corrected chi connectivity index (χ0v) is 14.6. The largest absolute Gasteiger partial charge is 0.411 e. The summed E-state index contributed by atoms with van der Waals surface area (Å²) < 4.78 is 5.67. The van der Waals surface area contributed by atoms with Gasteiger partial charge in [0.25, 0.3) is 5.22 Å². The van der Waals surface area contributed by atoms with E-state index in [1.807, 2.05) is 69.3 Å². The van der Waals surface area contributed by atoms with Gasteiger partial charge in [-0.1, -0.05) is 59.3 Å². The second-order valence-corrected chi connectivity index (χ2v) is 7.02. The number of benzene rings is 2.